The number of thiophene rings is 1. The lowest BCUT2D eigenvalue weighted by atomic mass is 9.91. The molecule has 0 spiro atoms. The van der Waals surface area contributed by atoms with Gasteiger partial charge in [-0.3, -0.25) is 4.79 Å². The summed E-state index contributed by atoms with van der Waals surface area (Å²) in [6, 6.07) is 4.16. The lowest BCUT2D eigenvalue weighted by molar-refractivity contribution is 0.567. The Bertz CT molecular complexity index is 572. The largest absolute Gasteiger partial charge is 0.365 e. The zero-order valence-electron chi connectivity index (χ0n) is 10.8. The van der Waals surface area contributed by atoms with Gasteiger partial charge in [0.1, 0.15) is 0 Å². The minimum atomic E-state index is -0.0977. The number of nitrogens with one attached hydrogen (secondary N) is 1. The number of aromatic nitrogens is 2. The van der Waals surface area contributed by atoms with Crippen LogP contribution in [0.5, 0.6) is 0 Å². The van der Waals surface area contributed by atoms with Crippen LogP contribution in [0.2, 0.25) is 0 Å². The SMILES string of the molecule is Cn1ccnc(NCC(C)(C)c2cccs2)c1=O. The van der Waals surface area contributed by atoms with Gasteiger partial charge in [0.25, 0.3) is 5.56 Å². The van der Waals surface area contributed by atoms with Crippen LogP contribution >= 0.6 is 11.3 Å². The van der Waals surface area contributed by atoms with Crippen molar-refractivity contribution in [2.24, 2.45) is 7.05 Å². The molecule has 0 saturated carbocycles. The van der Waals surface area contributed by atoms with Crippen molar-refractivity contribution in [3.8, 4) is 0 Å². The first-order chi connectivity index (χ1) is 8.50. The van der Waals surface area contributed by atoms with Gasteiger partial charge in [-0.2, -0.15) is 0 Å². The van der Waals surface area contributed by atoms with Crippen molar-refractivity contribution in [3.05, 3.63) is 45.1 Å². The van der Waals surface area contributed by atoms with E-state index in [4.69, 9.17) is 0 Å². The normalized spacial score (nSPS) is 11.5. The number of rotatable bonds is 4. The van der Waals surface area contributed by atoms with E-state index >= 15 is 0 Å². The smallest absolute Gasteiger partial charge is 0.293 e. The molecule has 4 nitrogen and oxygen atoms in total. The van der Waals surface area contributed by atoms with E-state index in [0.717, 1.165) is 0 Å². The molecule has 2 rings (SSSR count). The molecular formula is C13H17N3OS. The Morgan fingerprint density at radius 1 is 1.50 bits per heavy atom. The van der Waals surface area contributed by atoms with Crippen LogP contribution in [0.15, 0.2) is 34.7 Å². The maximum absolute atomic E-state index is 11.8. The molecule has 96 valence electrons. The molecule has 0 aromatic carbocycles. The molecule has 0 bridgehead atoms. The zero-order valence-corrected chi connectivity index (χ0v) is 11.6. The van der Waals surface area contributed by atoms with Crippen LogP contribution in [-0.4, -0.2) is 16.1 Å². The topological polar surface area (TPSA) is 46.9 Å². The molecule has 0 unspecified atom stereocenters. The van der Waals surface area contributed by atoms with Crippen molar-refractivity contribution >= 4 is 17.2 Å². The van der Waals surface area contributed by atoms with Gasteiger partial charge in [0.15, 0.2) is 5.82 Å². The summed E-state index contributed by atoms with van der Waals surface area (Å²) in [6.45, 7) is 4.98. The fourth-order valence-corrected chi connectivity index (χ4v) is 2.53. The Morgan fingerprint density at radius 2 is 2.28 bits per heavy atom. The Morgan fingerprint density at radius 3 is 2.94 bits per heavy atom. The minimum Gasteiger partial charge on any atom is -0.365 e. The molecule has 0 fully saturated rings. The van der Waals surface area contributed by atoms with E-state index in [1.165, 1.54) is 9.44 Å². The fraction of sp³-hybridized carbons (Fsp3) is 0.385. The standard InChI is InChI=1S/C13H17N3OS/c1-13(2,10-5-4-8-18-10)9-15-11-12(17)16(3)7-6-14-11/h4-8H,9H2,1-3H3,(H,14,15). The summed E-state index contributed by atoms with van der Waals surface area (Å²) in [7, 11) is 1.72. The minimum absolute atomic E-state index is 0.0172. The summed E-state index contributed by atoms with van der Waals surface area (Å²) in [5.74, 6) is 0.407. The molecule has 0 saturated heterocycles. The highest BCUT2D eigenvalue weighted by molar-refractivity contribution is 7.10. The van der Waals surface area contributed by atoms with Gasteiger partial charge in [-0.25, -0.2) is 4.98 Å². The maximum atomic E-state index is 11.8. The molecule has 0 aliphatic rings. The second-order valence-corrected chi connectivity index (χ2v) is 5.85. The summed E-state index contributed by atoms with van der Waals surface area (Å²) in [4.78, 5) is 17.2. The molecule has 2 heterocycles. The highest BCUT2D eigenvalue weighted by atomic mass is 32.1. The molecule has 0 amide bonds. The average molecular weight is 263 g/mol. The number of nitrogens with zero attached hydrogens (tertiary/aromatic N) is 2. The summed E-state index contributed by atoms with van der Waals surface area (Å²) < 4.78 is 1.52. The van der Waals surface area contributed by atoms with Crippen LogP contribution in [0, 0.1) is 0 Å². The number of aryl methyl sites for hydroxylation is 1. The second-order valence-electron chi connectivity index (χ2n) is 4.91. The quantitative estimate of drug-likeness (QED) is 0.920. The Balaban J connectivity index is 2.12. The van der Waals surface area contributed by atoms with Crippen LogP contribution in [0.4, 0.5) is 5.82 Å². The van der Waals surface area contributed by atoms with E-state index in [1.54, 1.807) is 30.8 Å². The summed E-state index contributed by atoms with van der Waals surface area (Å²) in [6.07, 6.45) is 3.28. The lowest BCUT2D eigenvalue weighted by Gasteiger charge is -2.23. The van der Waals surface area contributed by atoms with Crippen molar-refractivity contribution < 1.29 is 0 Å². The average Bonchev–Trinajstić information content (AvgIpc) is 2.85. The predicted molar refractivity (Wildman–Crippen MR) is 75.3 cm³/mol. The van der Waals surface area contributed by atoms with Gasteiger partial charge in [0, 0.05) is 36.3 Å². The monoisotopic (exact) mass is 263 g/mol. The first-order valence-electron chi connectivity index (χ1n) is 5.80. The lowest BCUT2D eigenvalue weighted by Crippen LogP contribution is -2.30. The van der Waals surface area contributed by atoms with Gasteiger partial charge in [-0.15, -0.1) is 11.3 Å². The molecule has 0 aliphatic carbocycles. The van der Waals surface area contributed by atoms with Crippen molar-refractivity contribution in [2.75, 3.05) is 11.9 Å². The molecular weight excluding hydrogens is 246 g/mol. The van der Waals surface area contributed by atoms with E-state index in [2.05, 4.69) is 35.6 Å². The summed E-state index contributed by atoms with van der Waals surface area (Å²) in [5, 5.41) is 5.21. The summed E-state index contributed by atoms with van der Waals surface area (Å²) >= 11 is 1.73. The third-order valence-corrected chi connectivity index (χ3v) is 4.14. The van der Waals surface area contributed by atoms with E-state index in [-0.39, 0.29) is 11.0 Å². The third kappa shape index (κ3) is 2.61. The number of hydrogen-bond donors (Lipinski definition) is 1. The highest BCUT2D eigenvalue weighted by Gasteiger charge is 2.22. The van der Waals surface area contributed by atoms with Gasteiger partial charge in [-0.1, -0.05) is 19.9 Å². The fourth-order valence-electron chi connectivity index (χ4n) is 1.67. The van der Waals surface area contributed by atoms with E-state index in [0.29, 0.717) is 12.4 Å². The molecule has 0 radical (unpaired) electrons. The molecule has 1 N–H and O–H groups in total. The molecule has 2 aromatic rings. The van der Waals surface area contributed by atoms with Gasteiger partial charge >= 0.3 is 0 Å². The maximum Gasteiger partial charge on any atom is 0.293 e. The van der Waals surface area contributed by atoms with Gasteiger partial charge in [-0.05, 0) is 11.4 Å². The van der Waals surface area contributed by atoms with Crippen molar-refractivity contribution in [3.63, 3.8) is 0 Å². The Labute approximate surface area is 110 Å². The molecule has 2 aromatic heterocycles. The highest BCUT2D eigenvalue weighted by Crippen LogP contribution is 2.27. The van der Waals surface area contributed by atoms with Crippen molar-refractivity contribution in [2.45, 2.75) is 19.3 Å². The van der Waals surface area contributed by atoms with E-state index < -0.39 is 0 Å². The first-order valence-corrected chi connectivity index (χ1v) is 6.68. The van der Waals surface area contributed by atoms with Crippen molar-refractivity contribution in [1.82, 2.24) is 9.55 Å². The van der Waals surface area contributed by atoms with Crippen LogP contribution < -0.4 is 10.9 Å². The predicted octanol–water partition coefficient (Wildman–Crippen LogP) is 2.23. The van der Waals surface area contributed by atoms with Crippen LogP contribution in [-0.2, 0) is 12.5 Å². The van der Waals surface area contributed by atoms with Crippen LogP contribution in [0.3, 0.4) is 0 Å². The van der Waals surface area contributed by atoms with Crippen LogP contribution in [0.25, 0.3) is 0 Å². The van der Waals surface area contributed by atoms with E-state index in [1.807, 2.05) is 6.07 Å². The van der Waals surface area contributed by atoms with Gasteiger partial charge < -0.3 is 9.88 Å². The Hall–Kier alpha value is -1.62. The zero-order chi connectivity index (χ0) is 13.2. The van der Waals surface area contributed by atoms with E-state index in [9.17, 15) is 4.79 Å². The molecule has 18 heavy (non-hydrogen) atoms. The molecule has 0 atom stereocenters. The second kappa shape index (κ2) is 4.94. The number of anilines is 1. The summed E-state index contributed by atoms with van der Waals surface area (Å²) in [5.41, 5.74) is -0.115. The van der Waals surface area contributed by atoms with Gasteiger partial charge in [0.2, 0.25) is 0 Å². The first kappa shape index (κ1) is 12.8. The number of hydrogen-bond acceptors (Lipinski definition) is 4. The van der Waals surface area contributed by atoms with Gasteiger partial charge in [0.05, 0.1) is 0 Å². The molecule has 5 heteroatoms. The Kier molecular flexibility index (Phi) is 3.52. The van der Waals surface area contributed by atoms with Crippen LogP contribution in [0.1, 0.15) is 18.7 Å². The van der Waals surface area contributed by atoms with Crippen molar-refractivity contribution in [1.29, 1.82) is 0 Å². The third-order valence-electron chi connectivity index (χ3n) is 2.90. The molecule has 0 aliphatic heterocycles.